The summed E-state index contributed by atoms with van der Waals surface area (Å²) < 4.78 is 12.9. The second kappa shape index (κ2) is 7.44. The van der Waals surface area contributed by atoms with Crippen molar-refractivity contribution in [1.82, 2.24) is 10.6 Å². The highest BCUT2D eigenvalue weighted by molar-refractivity contribution is 6.30. The Kier molecular flexibility index (Phi) is 5.92. The third-order valence-electron chi connectivity index (χ3n) is 2.42. The van der Waals surface area contributed by atoms with E-state index in [1.54, 1.807) is 0 Å². The Morgan fingerprint density at radius 2 is 1.95 bits per heavy atom. The molecule has 1 atom stereocenters. The fourth-order valence-corrected chi connectivity index (χ4v) is 1.62. The van der Waals surface area contributed by atoms with Crippen molar-refractivity contribution in [1.29, 1.82) is 0 Å². The van der Waals surface area contributed by atoms with E-state index in [0.717, 1.165) is 6.07 Å². The number of hydrogen-bond acceptors (Lipinski definition) is 3. The molecule has 7 nitrogen and oxygen atoms in total. The molecule has 2 amide bonds. The van der Waals surface area contributed by atoms with Crippen molar-refractivity contribution in [3.05, 3.63) is 34.6 Å². The quantitative estimate of drug-likeness (QED) is 0.629. The van der Waals surface area contributed by atoms with Gasteiger partial charge in [0.1, 0.15) is 11.9 Å². The average Bonchev–Trinajstić information content (AvgIpc) is 2.38. The van der Waals surface area contributed by atoms with Gasteiger partial charge in [0.15, 0.2) is 0 Å². The van der Waals surface area contributed by atoms with Gasteiger partial charge in [-0.15, -0.1) is 0 Å². The molecular weight excluding hydrogens is 307 g/mol. The van der Waals surface area contributed by atoms with Crippen LogP contribution in [0.25, 0.3) is 0 Å². The number of halogens is 2. The second-order valence-corrected chi connectivity index (χ2v) is 4.47. The first-order valence-corrected chi connectivity index (χ1v) is 6.10. The van der Waals surface area contributed by atoms with Gasteiger partial charge in [0.25, 0.3) is 0 Å². The fraction of sp³-hybridized carbons (Fsp3) is 0.250. The maximum absolute atomic E-state index is 12.9. The summed E-state index contributed by atoms with van der Waals surface area (Å²) in [5.41, 5.74) is 0.502. The number of urea groups is 1. The van der Waals surface area contributed by atoms with E-state index < -0.39 is 36.2 Å². The molecule has 0 aliphatic heterocycles. The first kappa shape index (κ1) is 16.7. The van der Waals surface area contributed by atoms with E-state index in [4.69, 9.17) is 21.8 Å². The van der Waals surface area contributed by atoms with E-state index >= 15 is 0 Å². The van der Waals surface area contributed by atoms with Crippen molar-refractivity contribution in [2.24, 2.45) is 0 Å². The lowest BCUT2D eigenvalue weighted by molar-refractivity contribution is -0.145. The van der Waals surface area contributed by atoms with E-state index in [9.17, 15) is 18.8 Å². The molecular formula is C12H12ClFN2O5. The van der Waals surface area contributed by atoms with E-state index in [0.29, 0.717) is 5.56 Å². The molecule has 114 valence electrons. The normalized spacial score (nSPS) is 11.5. The van der Waals surface area contributed by atoms with Crippen molar-refractivity contribution < 1.29 is 29.0 Å². The van der Waals surface area contributed by atoms with E-state index in [2.05, 4.69) is 5.32 Å². The second-order valence-electron chi connectivity index (χ2n) is 4.06. The van der Waals surface area contributed by atoms with Crippen LogP contribution in [0.4, 0.5) is 9.18 Å². The number of benzene rings is 1. The van der Waals surface area contributed by atoms with Gasteiger partial charge in [-0.3, -0.25) is 4.79 Å². The zero-order chi connectivity index (χ0) is 16.0. The zero-order valence-corrected chi connectivity index (χ0v) is 11.4. The van der Waals surface area contributed by atoms with Crippen molar-refractivity contribution >= 4 is 29.6 Å². The van der Waals surface area contributed by atoms with Crippen LogP contribution in [0.2, 0.25) is 5.02 Å². The summed E-state index contributed by atoms with van der Waals surface area (Å²) in [6.45, 7) is -0.0226. The Hall–Kier alpha value is -2.35. The summed E-state index contributed by atoms with van der Waals surface area (Å²) in [6, 6.07) is 1.43. The van der Waals surface area contributed by atoms with Crippen LogP contribution in [0.15, 0.2) is 18.2 Å². The number of carbonyl (C=O) groups excluding carboxylic acids is 1. The summed E-state index contributed by atoms with van der Waals surface area (Å²) in [5.74, 6) is -3.41. The van der Waals surface area contributed by atoms with Crippen LogP contribution >= 0.6 is 11.6 Å². The number of carboxylic acids is 2. The third kappa shape index (κ3) is 5.65. The molecule has 0 radical (unpaired) electrons. The first-order valence-electron chi connectivity index (χ1n) is 5.72. The average molecular weight is 319 g/mol. The summed E-state index contributed by atoms with van der Waals surface area (Å²) in [7, 11) is 0. The Labute approximate surface area is 123 Å². The molecule has 1 aromatic rings. The standard InChI is InChI=1S/C12H12ClFN2O5/c13-7-3-6(1-2-8(7)14)5-15-12(21)16-9(11(19)20)4-10(17)18/h1-3,9H,4-5H2,(H,17,18)(H,19,20)(H2,15,16,21)/t9-/m0/s1. The van der Waals surface area contributed by atoms with E-state index in [1.165, 1.54) is 12.1 Å². The largest absolute Gasteiger partial charge is 0.481 e. The van der Waals surface area contributed by atoms with E-state index in [-0.39, 0.29) is 11.6 Å². The van der Waals surface area contributed by atoms with Gasteiger partial charge >= 0.3 is 18.0 Å². The number of hydrogen-bond donors (Lipinski definition) is 4. The summed E-state index contributed by atoms with van der Waals surface area (Å²) in [5, 5.41) is 21.5. The smallest absolute Gasteiger partial charge is 0.326 e. The lowest BCUT2D eigenvalue weighted by Crippen LogP contribution is -2.46. The van der Waals surface area contributed by atoms with Gasteiger partial charge in [0.05, 0.1) is 11.4 Å². The molecule has 0 saturated carbocycles. The van der Waals surface area contributed by atoms with Crippen molar-refractivity contribution in [3.8, 4) is 0 Å². The van der Waals surface area contributed by atoms with Gasteiger partial charge in [0, 0.05) is 6.54 Å². The number of nitrogens with one attached hydrogen (secondary N) is 2. The molecule has 0 aliphatic rings. The summed E-state index contributed by atoms with van der Waals surface area (Å²) in [6.07, 6.45) is -0.745. The van der Waals surface area contributed by atoms with Gasteiger partial charge in [-0.2, -0.15) is 0 Å². The lowest BCUT2D eigenvalue weighted by atomic mass is 10.2. The molecule has 0 heterocycles. The van der Waals surface area contributed by atoms with Gasteiger partial charge in [-0.25, -0.2) is 14.0 Å². The van der Waals surface area contributed by atoms with E-state index in [1.807, 2.05) is 5.32 Å². The molecule has 0 aliphatic carbocycles. The topological polar surface area (TPSA) is 116 Å². The number of amides is 2. The molecule has 1 rings (SSSR count). The molecule has 1 aromatic carbocycles. The predicted molar refractivity (Wildman–Crippen MR) is 70.5 cm³/mol. The Balaban J connectivity index is 2.54. The SMILES string of the molecule is O=C(O)C[C@H](NC(=O)NCc1ccc(F)c(Cl)c1)C(=O)O. The van der Waals surface area contributed by atoms with Crippen LogP contribution in [0, 0.1) is 5.82 Å². The molecule has 0 bridgehead atoms. The monoisotopic (exact) mass is 318 g/mol. The number of aliphatic carboxylic acids is 2. The fourth-order valence-electron chi connectivity index (χ4n) is 1.42. The van der Waals surface area contributed by atoms with Crippen LogP contribution < -0.4 is 10.6 Å². The highest BCUT2D eigenvalue weighted by atomic mass is 35.5. The maximum Gasteiger partial charge on any atom is 0.326 e. The molecule has 0 spiro atoms. The summed E-state index contributed by atoms with van der Waals surface area (Å²) in [4.78, 5) is 32.7. The number of carboxylic acid groups (broad SMARTS) is 2. The predicted octanol–water partition coefficient (Wildman–Crippen LogP) is 1.21. The molecule has 0 saturated heterocycles. The van der Waals surface area contributed by atoms with Crippen LogP contribution in [0.5, 0.6) is 0 Å². The number of carbonyl (C=O) groups is 3. The van der Waals surface area contributed by atoms with Crippen molar-refractivity contribution in [2.45, 2.75) is 19.0 Å². The highest BCUT2D eigenvalue weighted by Crippen LogP contribution is 2.15. The van der Waals surface area contributed by atoms with Gasteiger partial charge in [-0.1, -0.05) is 17.7 Å². The molecule has 21 heavy (non-hydrogen) atoms. The van der Waals surface area contributed by atoms with Crippen molar-refractivity contribution in [2.75, 3.05) is 0 Å². The van der Waals surface area contributed by atoms with Gasteiger partial charge in [-0.05, 0) is 17.7 Å². The number of rotatable bonds is 6. The van der Waals surface area contributed by atoms with Crippen LogP contribution in [-0.4, -0.2) is 34.2 Å². The zero-order valence-electron chi connectivity index (χ0n) is 10.6. The third-order valence-corrected chi connectivity index (χ3v) is 2.71. The van der Waals surface area contributed by atoms with Crippen LogP contribution in [0.1, 0.15) is 12.0 Å². The molecule has 0 fully saturated rings. The van der Waals surface area contributed by atoms with Gasteiger partial charge in [0.2, 0.25) is 0 Å². The summed E-state index contributed by atoms with van der Waals surface area (Å²) >= 11 is 5.57. The molecule has 0 unspecified atom stereocenters. The molecule has 4 N–H and O–H groups in total. The van der Waals surface area contributed by atoms with Crippen molar-refractivity contribution in [3.63, 3.8) is 0 Å². The Bertz CT molecular complexity index is 567. The lowest BCUT2D eigenvalue weighted by Gasteiger charge is -2.13. The minimum atomic E-state index is -1.54. The molecule has 0 aromatic heterocycles. The Morgan fingerprint density at radius 3 is 2.48 bits per heavy atom. The minimum Gasteiger partial charge on any atom is -0.481 e. The minimum absolute atomic E-state index is 0.0226. The van der Waals surface area contributed by atoms with Crippen LogP contribution in [-0.2, 0) is 16.1 Å². The highest BCUT2D eigenvalue weighted by Gasteiger charge is 2.22. The van der Waals surface area contributed by atoms with Crippen LogP contribution in [0.3, 0.4) is 0 Å². The maximum atomic E-state index is 12.9. The first-order chi connectivity index (χ1) is 9.79. The molecule has 9 heteroatoms. The Morgan fingerprint density at radius 1 is 1.29 bits per heavy atom. The van der Waals surface area contributed by atoms with Gasteiger partial charge < -0.3 is 20.8 Å².